The third kappa shape index (κ3) is 1.39. The number of nitrogens with one attached hydrogen (secondary N) is 1. The van der Waals surface area contributed by atoms with Crippen molar-refractivity contribution < 1.29 is 9.53 Å². The highest BCUT2D eigenvalue weighted by molar-refractivity contribution is 5.67. The molecule has 12 heavy (non-hydrogen) atoms. The molecule has 0 aromatic heterocycles. The molecule has 0 radical (unpaired) electrons. The molecule has 4 nitrogen and oxygen atoms in total. The van der Waals surface area contributed by atoms with Crippen LogP contribution in [0.15, 0.2) is 0 Å². The maximum atomic E-state index is 10.8. The van der Waals surface area contributed by atoms with Crippen LogP contribution in [-0.4, -0.2) is 25.3 Å². The van der Waals surface area contributed by atoms with Gasteiger partial charge in [0.2, 0.25) is 0 Å². The van der Waals surface area contributed by atoms with E-state index >= 15 is 0 Å². The normalized spacial score (nSPS) is 32.0. The second kappa shape index (κ2) is 2.94. The Kier molecular flexibility index (Phi) is 2.28. The van der Waals surface area contributed by atoms with Crippen molar-refractivity contribution in [3.8, 4) is 0 Å². The van der Waals surface area contributed by atoms with Gasteiger partial charge < -0.3 is 15.8 Å². The molecule has 4 heteroatoms. The van der Waals surface area contributed by atoms with E-state index in [1.54, 1.807) is 0 Å². The van der Waals surface area contributed by atoms with Crippen LogP contribution in [0.5, 0.6) is 0 Å². The van der Waals surface area contributed by atoms with Gasteiger partial charge in [0.05, 0.1) is 7.11 Å². The fourth-order valence-electron chi connectivity index (χ4n) is 1.41. The zero-order chi connectivity index (χ0) is 9.35. The van der Waals surface area contributed by atoms with Crippen LogP contribution in [0.1, 0.15) is 20.3 Å². The first-order valence-electron chi connectivity index (χ1n) is 4.08. The monoisotopic (exact) mass is 172 g/mol. The van der Waals surface area contributed by atoms with Gasteiger partial charge in [-0.25, -0.2) is 4.79 Å². The van der Waals surface area contributed by atoms with Crippen LogP contribution in [-0.2, 0) is 4.74 Å². The van der Waals surface area contributed by atoms with Crippen LogP contribution in [0.3, 0.4) is 0 Å². The Labute approximate surface area is 72.5 Å². The predicted molar refractivity (Wildman–Crippen MR) is 45.7 cm³/mol. The number of hydrogen-bond acceptors (Lipinski definition) is 3. The molecule has 0 aromatic carbocycles. The van der Waals surface area contributed by atoms with E-state index in [4.69, 9.17) is 5.73 Å². The molecule has 0 saturated heterocycles. The zero-order valence-corrected chi connectivity index (χ0v) is 7.76. The molecule has 0 heterocycles. The van der Waals surface area contributed by atoms with Crippen molar-refractivity contribution in [1.29, 1.82) is 0 Å². The summed E-state index contributed by atoms with van der Waals surface area (Å²) in [6, 6.07) is 0.333. The van der Waals surface area contributed by atoms with Gasteiger partial charge in [-0.1, -0.05) is 13.8 Å². The van der Waals surface area contributed by atoms with Gasteiger partial charge in [-0.05, 0) is 6.42 Å². The number of carbonyl (C=O) groups excluding carboxylic acids is 1. The van der Waals surface area contributed by atoms with Crippen LogP contribution in [0.4, 0.5) is 4.79 Å². The van der Waals surface area contributed by atoms with Crippen LogP contribution in [0.2, 0.25) is 0 Å². The van der Waals surface area contributed by atoms with Gasteiger partial charge in [0.15, 0.2) is 0 Å². The summed E-state index contributed by atoms with van der Waals surface area (Å²) in [6.07, 6.45) is 0.460. The number of rotatable bonds is 1. The molecule has 0 spiro atoms. The lowest BCUT2D eigenvalue weighted by atomic mass is 9.63. The van der Waals surface area contributed by atoms with E-state index in [0.29, 0.717) is 0 Å². The van der Waals surface area contributed by atoms with Crippen molar-refractivity contribution in [2.75, 3.05) is 7.11 Å². The van der Waals surface area contributed by atoms with Crippen molar-refractivity contribution in [3.63, 3.8) is 0 Å². The minimum atomic E-state index is -0.375. The number of alkyl carbamates (subject to hydrolysis) is 1. The first kappa shape index (κ1) is 9.32. The number of hydrogen-bond donors (Lipinski definition) is 2. The summed E-state index contributed by atoms with van der Waals surface area (Å²) in [6.45, 7) is 4.09. The Hall–Kier alpha value is -0.770. The lowest BCUT2D eigenvalue weighted by Crippen LogP contribution is -2.64. The third-order valence-electron chi connectivity index (χ3n) is 2.82. The summed E-state index contributed by atoms with van der Waals surface area (Å²) < 4.78 is 4.49. The summed E-state index contributed by atoms with van der Waals surface area (Å²) in [5.41, 5.74) is 5.77. The molecular weight excluding hydrogens is 156 g/mol. The molecule has 1 rings (SSSR count). The molecule has 1 saturated carbocycles. The second-order valence-electron chi connectivity index (χ2n) is 3.85. The molecule has 0 aliphatic heterocycles. The molecular formula is C8H16N2O2. The zero-order valence-electron chi connectivity index (χ0n) is 7.76. The molecule has 2 unspecified atom stereocenters. The first-order valence-corrected chi connectivity index (χ1v) is 4.08. The molecule has 70 valence electrons. The van der Waals surface area contributed by atoms with Crippen LogP contribution >= 0.6 is 0 Å². The minimum Gasteiger partial charge on any atom is -0.453 e. The Bertz CT molecular complexity index is 191. The second-order valence-corrected chi connectivity index (χ2v) is 3.85. The van der Waals surface area contributed by atoms with E-state index in [1.165, 1.54) is 7.11 Å². The van der Waals surface area contributed by atoms with Gasteiger partial charge in [-0.3, -0.25) is 0 Å². The van der Waals surface area contributed by atoms with Gasteiger partial charge in [-0.2, -0.15) is 0 Å². The van der Waals surface area contributed by atoms with Gasteiger partial charge in [0.25, 0.3) is 0 Å². The SMILES string of the molecule is COC(=O)NC1CC(N)C1(C)C. The van der Waals surface area contributed by atoms with Crippen molar-refractivity contribution in [3.05, 3.63) is 0 Å². The Morgan fingerprint density at radius 3 is 2.58 bits per heavy atom. The Balaban J connectivity index is 2.42. The molecule has 0 aromatic rings. The summed E-state index contributed by atoms with van der Waals surface area (Å²) in [7, 11) is 1.36. The van der Waals surface area contributed by atoms with Crippen LogP contribution < -0.4 is 11.1 Å². The minimum absolute atomic E-state index is 0.00576. The summed E-state index contributed by atoms with van der Waals surface area (Å²) >= 11 is 0. The average Bonchev–Trinajstić information content (AvgIpc) is 2.03. The van der Waals surface area contributed by atoms with Gasteiger partial charge in [0, 0.05) is 17.5 Å². The average molecular weight is 172 g/mol. The quantitative estimate of drug-likeness (QED) is 0.604. The number of methoxy groups -OCH3 is 1. The molecule has 1 aliphatic carbocycles. The highest BCUT2D eigenvalue weighted by Crippen LogP contribution is 2.38. The highest BCUT2D eigenvalue weighted by atomic mass is 16.5. The Morgan fingerprint density at radius 2 is 2.25 bits per heavy atom. The van der Waals surface area contributed by atoms with E-state index in [2.05, 4.69) is 10.1 Å². The van der Waals surface area contributed by atoms with E-state index < -0.39 is 0 Å². The van der Waals surface area contributed by atoms with Crippen molar-refractivity contribution in [2.24, 2.45) is 11.1 Å². The molecule has 1 aliphatic rings. The van der Waals surface area contributed by atoms with Crippen LogP contribution in [0, 0.1) is 5.41 Å². The molecule has 1 fully saturated rings. The lowest BCUT2D eigenvalue weighted by molar-refractivity contribution is 0.0674. The maximum absolute atomic E-state index is 10.8. The van der Waals surface area contributed by atoms with E-state index in [9.17, 15) is 4.79 Å². The number of nitrogens with two attached hydrogens (primary N) is 1. The van der Waals surface area contributed by atoms with Crippen LogP contribution in [0.25, 0.3) is 0 Å². The predicted octanol–water partition coefficient (Wildman–Crippen LogP) is 0.468. The Morgan fingerprint density at radius 1 is 1.67 bits per heavy atom. The first-order chi connectivity index (χ1) is 5.48. The fourth-order valence-corrected chi connectivity index (χ4v) is 1.41. The number of ether oxygens (including phenoxy) is 1. The summed E-state index contributed by atoms with van der Waals surface area (Å²) in [5.74, 6) is 0. The maximum Gasteiger partial charge on any atom is 0.407 e. The standard InChI is InChI=1S/C8H16N2O2/c1-8(2)5(9)4-6(8)10-7(11)12-3/h5-6H,4,9H2,1-3H3,(H,10,11). The topological polar surface area (TPSA) is 64.3 Å². The van der Waals surface area contributed by atoms with E-state index in [0.717, 1.165) is 6.42 Å². The highest BCUT2D eigenvalue weighted by Gasteiger charge is 2.46. The molecule has 0 bridgehead atoms. The largest absolute Gasteiger partial charge is 0.453 e. The third-order valence-corrected chi connectivity index (χ3v) is 2.82. The smallest absolute Gasteiger partial charge is 0.407 e. The number of carbonyl (C=O) groups is 1. The fraction of sp³-hybridized carbons (Fsp3) is 0.875. The van der Waals surface area contributed by atoms with Crippen molar-refractivity contribution in [1.82, 2.24) is 5.32 Å². The summed E-state index contributed by atoms with van der Waals surface area (Å²) in [5, 5.41) is 2.75. The van der Waals surface area contributed by atoms with Gasteiger partial charge >= 0.3 is 6.09 Å². The van der Waals surface area contributed by atoms with E-state index in [1.807, 2.05) is 13.8 Å². The van der Waals surface area contributed by atoms with Crippen molar-refractivity contribution in [2.45, 2.75) is 32.4 Å². The van der Waals surface area contributed by atoms with Gasteiger partial charge in [0.1, 0.15) is 0 Å². The molecule has 2 atom stereocenters. The van der Waals surface area contributed by atoms with Crippen molar-refractivity contribution >= 4 is 6.09 Å². The lowest BCUT2D eigenvalue weighted by Gasteiger charge is -2.50. The molecule has 3 N–H and O–H groups in total. The number of amides is 1. The van der Waals surface area contributed by atoms with Gasteiger partial charge in [-0.15, -0.1) is 0 Å². The van der Waals surface area contributed by atoms with E-state index in [-0.39, 0.29) is 23.6 Å². The summed E-state index contributed by atoms with van der Waals surface area (Å²) in [4.78, 5) is 10.8. The molecule has 1 amide bonds.